The molecule has 0 spiro atoms. The molecule has 0 aliphatic carbocycles. The zero-order chi connectivity index (χ0) is 24.8. The van der Waals surface area contributed by atoms with Gasteiger partial charge in [-0.15, -0.1) is 0 Å². The van der Waals surface area contributed by atoms with Crippen molar-refractivity contribution in [1.29, 1.82) is 5.26 Å². The van der Waals surface area contributed by atoms with Gasteiger partial charge in [0.05, 0.1) is 17.5 Å². The largest absolute Gasteiger partial charge is 0.372 e. The highest BCUT2D eigenvalue weighted by atomic mass is 32.2. The van der Waals surface area contributed by atoms with Crippen molar-refractivity contribution in [2.24, 2.45) is 0 Å². The molecule has 2 aliphatic rings. The molecule has 2 aliphatic heterocycles. The van der Waals surface area contributed by atoms with Crippen LogP contribution in [0.15, 0.2) is 72.4 Å². The zero-order valence-electron chi connectivity index (χ0n) is 20.1. The average Bonchev–Trinajstić information content (AvgIpc) is 3.25. The lowest BCUT2D eigenvalue weighted by atomic mass is 9.96. The zero-order valence-corrected chi connectivity index (χ0v) is 20.9. The van der Waals surface area contributed by atoms with E-state index in [0.29, 0.717) is 39.1 Å². The Morgan fingerprint density at radius 3 is 2.09 bits per heavy atom. The summed E-state index contributed by atoms with van der Waals surface area (Å²) in [6, 6.07) is 22.7. The molecule has 8 heteroatoms. The Morgan fingerprint density at radius 2 is 1.63 bits per heavy atom. The molecule has 1 unspecified atom stereocenters. The molecule has 1 amide bonds. The van der Waals surface area contributed by atoms with Gasteiger partial charge in [0, 0.05) is 45.0 Å². The Balaban J connectivity index is 1.46. The van der Waals surface area contributed by atoms with Gasteiger partial charge in [-0.2, -0.15) is 5.26 Å². The van der Waals surface area contributed by atoms with E-state index in [2.05, 4.69) is 35.2 Å². The Bertz CT molecular complexity index is 1140. The summed E-state index contributed by atoms with van der Waals surface area (Å²) in [5.41, 5.74) is 2.48. The van der Waals surface area contributed by atoms with Crippen LogP contribution in [0.25, 0.3) is 0 Å². The van der Waals surface area contributed by atoms with E-state index >= 15 is 0 Å². The molecule has 35 heavy (non-hydrogen) atoms. The molecule has 4 rings (SSSR count). The lowest BCUT2D eigenvalue weighted by molar-refractivity contribution is -0.128. The number of amides is 1. The molecule has 1 atom stereocenters. The fourth-order valence-corrected chi connectivity index (χ4v) is 6.77. The van der Waals surface area contributed by atoms with Crippen LogP contribution < -0.4 is 0 Å². The second kappa shape index (κ2) is 11.1. The Kier molecular flexibility index (Phi) is 7.89. The Hall–Kier alpha value is -3.15. The predicted octanol–water partition coefficient (Wildman–Crippen LogP) is 2.84. The summed E-state index contributed by atoms with van der Waals surface area (Å²) in [5.74, 6) is -0.0602. The van der Waals surface area contributed by atoms with E-state index in [4.69, 9.17) is 0 Å². The molecule has 0 radical (unpaired) electrons. The van der Waals surface area contributed by atoms with E-state index in [1.807, 2.05) is 48.2 Å². The number of hydrogen-bond donors (Lipinski definition) is 0. The van der Waals surface area contributed by atoms with Crippen molar-refractivity contribution in [3.63, 3.8) is 0 Å². The summed E-state index contributed by atoms with van der Waals surface area (Å²) >= 11 is 0. The molecule has 2 heterocycles. The number of hydrogen-bond acceptors (Lipinski definition) is 6. The van der Waals surface area contributed by atoms with Gasteiger partial charge in [-0.3, -0.25) is 9.69 Å². The number of piperazine rings is 1. The number of rotatable bonds is 7. The van der Waals surface area contributed by atoms with Crippen LogP contribution in [-0.2, 0) is 14.6 Å². The van der Waals surface area contributed by atoms with Crippen LogP contribution in [-0.4, -0.2) is 79.3 Å². The maximum Gasteiger partial charge on any atom is 0.266 e. The number of nitriles is 1. The summed E-state index contributed by atoms with van der Waals surface area (Å²) in [7, 11) is -3.05. The van der Waals surface area contributed by atoms with E-state index in [1.165, 1.54) is 11.1 Å². The SMILES string of the molecule is CCN(/C=C(/C#N)C(=O)N1CCN(C(c2ccccc2)c2ccccc2)CC1)C1CCS(=O)(=O)C1. The summed E-state index contributed by atoms with van der Waals surface area (Å²) in [4.78, 5) is 19.2. The standard InChI is InChI=1S/C27H32N4O3S/c1-2-29(25-13-18-35(33,34)21-25)20-24(19-28)27(32)31-16-14-30(15-17-31)26(22-9-5-3-6-10-22)23-11-7-4-8-12-23/h3-12,20,25-26H,2,13-18,21H2,1H3/b24-20-. The minimum absolute atomic E-state index is 0.0623. The molecule has 7 nitrogen and oxygen atoms in total. The summed E-state index contributed by atoms with van der Waals surface area (Å²) in [6.07, 6.45) is 2.09. The molecular formula is C27H32N4O3S. The number of sulfone groups is 1. The van der Waals surface area contributed by atoms with E-state index in [-0.39, 0.29) is 35.1 Å². The lowest BCUT2D eigenvalue weighted by Crippen LogP contribution is -2.50. The third-order valence-corrected chi connectivity index (χ3v) is 8.64. The topological polar surface area (TPSA) is 84.7 Å². The number of carbonyl (C=O) groups excluding carboxylic acids is 1. The third kappa shape index (κ3) is 5.92. The lowest BCUT2D eigenvalue weighted by Gasteiger charge is -2.39. The maximum absolute atomic E-state index is 13.2. The first-order valence-electron chi connectivity index (χ1n) is 12.1. The van der Waals surface area contributed by atoms with Crippen LogP contribution in [0.1, 0.15) is 30.5 Å². The molecule has 0 bridgehead atoms. The highest BCUT2D eigenvalue weighted by Gasteiger charge is 2.32. The van der Waals surface area contributed by atoms with E-state index in [9.17, 15) is 18.5 Å². The highest BCUT2D eigenvalue weighted by molar-refractivity contribution is 7.91. The fourth-order valence-electron chi connectivity index (χ4n) is 5.03. The summed E-state index contributed by atoms with van der Waals surface area (Å²) < 4.78 is 23.8. The van der Waals surface area contributed by atoms with Gasteiger partial charge < -0.3 is 9.80 Å². The molecule has 0 aromatic heterocycles. The quantitative estimate of drug-likeness (QED) is 0.437. The average molecular weight is 493 g/mol. The van der Waals surface area contributed by atoms with Crippen LogP contribution in [0, 0.1) is 11.3 Å². The molecule has 2 saturated heterocycles. The Morgan fingerprint density at radius 1 is 1.06 bits per heavy atom. The van der Waals surface area contributed by atoms with Crippen LogP contribution in [0.2, 0.25) is 0 Å². The first kappa shape index (κ1) is 25.0. The third-order valence-electron chi connectivity index (χ3n) is 6.89. The first-order valence-corrected chi connectivity index (χ1v) is 14.0. The van der Waals surface area contributed by atoms with Gasteiger partial charge in [0.1, 0.15) is 11.6 Å². The van der Waals surface area contributed by atoms with Gasteiger partial charge in [-0.05, 0) is 24.5 Å². The monoisotopic (exact) mass is 492 g/mol. The molecular weight excluding hydrogens is 460 g/mol. The predicted molar refractivity (Wildman–Crippen MR) is 136 cm³/mol. The van der Waals surface area contributed by atoms with Gasteiger partial charge in [0.15, 0.2) is 9.84 Å². The second-order valence-corrected chi connectivity index (χ2v) is 11.3. The van der Waals surface area contributed by atoms with Gasteiger partial charge in [0.25, 0.3) is 5.91 Å². The van der Waals surface area contributed by atoms with Crippen LogP contribution in [0.3, 0.4) is 0 Å². The van der Waals surface area contributed by atoms with Gasteiger partial charge in [0.2, 0.25) is 0 Å². The van der Waals surface area contributed by atoms with Crippen LogP contribution >= 0.6 is 0 Å². The molecule has 184 valence electrons. The smallest absolute Gasteiger partial charge is 0.266 e. The van der Waals surface area contributed by atoms with Crippen molar-refractivity contribution in [1.82, 2.24) is 14.7 Å². The van der Waals surface area contributed by atoms with Crippen molar-refractivity contribution in [2.45, 2.75) is 25.4 Å². The molecule has 0 saturated carbocycles. The van der Waals surface area contributed by atoms with Crippen LogP contribution in [0.5, 0.6) is 0 Å². The van der Waals surface area contributed by atoms with Crippen LogP contribution in [0.4, 0.5) is 0 Å². The first-order chi connectivity index (χ1) is 16.9. The van der Waals surface area contributed by atoms with Crippen molar-refractivity contribution in [2.75, 3.05) is 44.2 Å². The van der Waals surface area contributed by atoms with Crippen molar-refractivity contribution >= 4 is 15.7 Å². The minimum atomic E-state index is -3.05. The Labute approximate surface area is 208 Å². The maximum atomic E-state index is 13.2. The number of carbonyl (C=O) groups is 1. The van der Waals surface area contributed by atoms with E-state index in [0.717, 1.165) is 0 Å². The van der Waals surface area contributed by atoms with Gasteiger partial charge in [-0.1, -0.05) is 60.7 Å². The van der Waals surface area contributed by atoms with Gasteiger partial charge >= 0.3 is 0 Å². The van der Waals surface area contributed by atoms with Gasteiger partial charge in [-0.25, -0.2) is 8.42 Å². The normalized spacial score (nSPS) is 20.5. The van der Waals surface area contributed by atoms with Crippen molar-refractivity contribution in [3.05, 3.63) is 83.6 Å². The fraction of sp³-hybridized carbons (Fsp3) is 0.407. The molecule has 2 aromatic rings. The summed E-state index contributed by atoms with van der Waals surface area (Å²) in [5, 5.41) is 9.73. The van der Waals surface area contributed by atoms with E-state index < -0.39 is 9.84 Å². The highest BCUT2D eigenvalue weighted by Crippen LogP contribution is 2.29. The molecule has 2 fully saturated rings. The summed E-state index contributed by atoms with van der Waals surface area (Å²) in [6.45, 7) is 4.89. The minimum Gasteiger partial charge on any atom is -0.372 e. The van der Waals surface area contributed by atoms with E-state index in [1.54, 1.807) is 11.1 Å². The molecule has 0 N–H and O–H groups in total. The van der Waals surface area contributed by atoms with Crippen molar-refractivity contribution in [3.8, 4) is 6.07 Å². The second-order valence-electron chi connectivity index (χ2n) is 9.09. The van der Waals surface area contributed by atoms with Crippen molar-refractivity contribution < 1.29 is 13.2 Å². The molecule has 2 aromatic carbocycles. The number of benzene rings is 2. The number of nitrogens with zero attached hydrogens (tertiary/aromatic N) is 4.